The Bertz CT molecular complexity index is 808. The third-order valence-electron chi connectivity index (χ3n) is 5.40. The minimum atomic E-state index is -3.42. The van der Waals surface area contributed by atoms with Crippen molar-refractivity contribution in [2.75, 3.05) is 32.8 Å². The molecular formula is C18H22N2O3S2. The number of hydrogen-bond acceptors (Lipinski definition) is 5. The van der Waals surface area contributed by atoms with Gasteiger partial charge in [0.1, 0.15) is 4.21 Å². The second kappa shape index (κ2) is 6.81. The summed E-state index contributed by atoms with van der Waals surface area (Å²) >= 11 is 1.27. The second-order valence-electron chi connectivity index (χ2n) is 6.74. The van der Waals surface area contributed by atoms with Crippen molar-refractivity contribution in [2.24, 2.45) is 5.92 Å². The fraction of sp³-hybridized carbons (Fsp3) is 0.444. The van der Waals surface area contributed by atoms with E-state index in [1.54, 1.807) is 21.8 Å². The quantitative estimate of drug-likeness (QED) is 0.882. The molecule has 3 heterocycles. The Morgan fingerprint density at radius 3 is 2.56 bits per heavy atom. The van der Waals surface area contributed by atoms with Crippen LogP contribution in [0.2, 0.25) is 0 Å². The van der Waals surface area contributed by atoms with E-state index in [9.17, 15) is 13.5 Å². The first kappa shape index (κ1) is 17.2. The molecule has 4 rings (SSSR count). The summed E-state index contributed by atoms with van der Waals surface area (Å²) in [5.74, 6) is 0.310. The number of hydrogen-bond donors (Lipinski definition) is 1. The number of fused-ring (bicyclic) bond motifs is 1. The molecule has 25 heavy (non-hydrogen) atoms. The molecule has 0 amide bonds. The zero-order valence-electron chi connectivity index (χ0n) is 13.9. The summed E-state index contributed by atoms with van der Waals surface area (Å²) in [5, 5.41) is 11.7. The van der Waals surface area contributed by atoms with Gasteiger partial charge in [-0.05, 0) is 17.0 Å². The van der Waals surface area contributed by atoms with E-state index in [0.29, 0.717) is 17.3 Å². The van der Waals surface area contributed by atoms with Gasteiger partial charge in [0.25, 0.3) is 10.0 Å². The van der Waals surface area contributed by atoms with E-state index in [0.717, 1.165) is 13.1 Å². The Hall–Kier alpha value is -1.25. The normalized spacial score (nSPS) is 28.1. The van der Waals surface area contributed by atoms with Crippen molar-refractivity contribution in [3.05, 3.63) is 53.4 Å². The maximum Gasteiger partial charge on any atom is 0.252 e. The topological polar surface area (TPSA) is 60.9 Å². The molecule has 2 fully saturated rings. The molecule has 0 bridgehead atoms. The molecule has 2 saturated heterocycles. The Morgan fingerprint density at radius 2 is 1.88 bits per heavy atom. The number of benzene rings is 1. The average molecular weight is 379 g/mol. The van der Waals surface area contributed by atoms with Crippen LogP contribution in [0.15, 0.2) is 52.1 Å². The number of sulfonamides is 1. The van der Waals surface area contributed by atoms with E-state index in [-0.39, 0.29) is 24.5 Å². The van der Waals surface area contributed by atoms with Gasteiger partial charge in [0.2, 0.25) is 0 Å². The molecular weight excluding hydrogens is 356 g/mol. The third kappa shape index (κ3) is 3.04. The van der Waals surface area contributed by atoms with Gasteiger partial charge in [-0.2, -0.15) is 4.31 Å². The molecule has 5 nitrogen and oxygen atoms in total. The molecule has 1 aromatic heterocycles. The van der Waals surface area contributed by atoms with Crippen LogP contribution in [0.4, 0.5) is 0 Å². The zero-order valence-corrected chi connectivity index (χ0v) is 15.5. The average Bonchev–Trinajstić information content (AvgIpc) is 3.29. The van der Waals surface area contributed by atoms with Gasteiger partial charge in [0, 0.05) is 50.7 Å². The van der Waals surface area contributed by atoms with Crippen molar-refractivity contribution >= 4 is 21.4 Å². The lowest BCUT2D eigenvalue weighted by Crippen LogP contribution is -2.53. The first-order valence-corrected chi connectivity index (χ1v) is 10.9. The summed E-state index contributed by atoms with van der Waals surface area (Å²) in [7, 11) is -3.42. The van der Waals surface area contributed by atoms with E-state index in [1.165, 1.54) is 16.9 Å². The highest BCUT2D eigenvalue weighted by atomic mass is 32.2. The van der Waals surface area contributed by atoms with Crippen LogP contribution in [0, 0.1) is 5.92 Å². The maximum absolute atomic E-state index is 12.9. The van der Waals surface area contributed by atoms with E-state index in [1.807, 2.05) is 18.2 Å². The molecule has 1 aromatic carbocycles. The Kier molecular flexibility index (Phi) is 4.68. The summed E-state index contributed by atoms with van der Waals surface area (Å²) in [5.41, 5.74) is 1.18. The minimum Gasteiger partial charge on any atom is -0.396 e. The van der Waals surface area contributed by atoms with Gasteiger partial charge in [0.05, 0.1) is 0 Å². The minimum absolute atomic E-state index is 0.114. The van der Waals surface area contributed by atoms with Crippen molar-refractivity contribution in [3.63, 3.8) is 0 Å². The Labute approximate surface area is 152 Å². The number of rotatable bonds is 4. The second-order valence-corrected chi connectivity index (χ2v) is 9.85. The summed E-state index contributed by atoms with van der Waals surface area (Å²) in [6, 6.07) is 13.7. The van der Waals surface area contributed by atoms with Crippen LogP contribution in [0.5, 0.6) is 0 Å². The first-order chi connectivity index (χ1) is 12.1. The van der Waals surface area contributed by atoms with Gasteiger partial charge >= 0.3 is 0 Å². The molecule has 7 heteroatoms. The summed E-state index contributed by atoms with van der Waals surface area (Å²) in [6.07, 6.45) is 0. The van der Waals surface area contributed by atoms with Crippen LogP contribution in [0.25, 0.3) is 0 Å². The highest BCUT2D eigenvalue weighted by Crippen LogP contribution is 2.40. The van der Waals surface area contributed by atoms with E-state index in [4.69, 9.17) is 0 Å². The molecule has 0 aliphatic carbocycles. The molecule has 134 valence electrons. The molecule has 0 unspecified atom stereocenters. The SMILES string of the molecule is O=S(=O)(c1cccs1)N1CCN2C[C@@H](CO)[C@H](c3ccccc3)[C@H]2C1. The monoisotopic (exact) mass is 378 g/mol. The summed E-state index contributed by atoms with van der Waals surface area (Å²) in [6.45, 7) is 2.67. The smallest absolute Gasteiger partial charge is 0.252 e. The van der Waals surface area contributed by atoms with Gasteiger partial charge in [-0.25, -0.2) is 8.42 Å². The van der Waals surface area contributed by atoms with Gasteiger partial charge in [-0.15, -0.1) is 11.3 Å². The molecule has 3 atom stereocenters. The van der Waals surface area contributed by atoms with Crippen LogP contribution >= 0.6 is 11.3 Å². The van der Waals surface area contributed by atoms with E-state index in [2.05, 4.69) is 17.0 Å². The highest BCUT2D eigenvalue weighted by molar-refractivity contribution is 7.91. The van der Waals surface area contributed by atoms with Crippen molar-refractivity contribution in [2.45, 2.75) is 16.2 Å². The zero-order chi connectivity index (χ0) is 17.4. The van der Waals surface area contributed by atoms with Crippen LogP contribution in [-0.2, 0) is 10.0 Å². The predicted octanol–water partition coefficient (Wildman–Crippen LogP) is 1.83. The Morgan fingerprint density at radius 1 is 1.08 bits per heavy atom. The fourth-order valence-corrected chi connectivity index (χ4v) is 6.81. The fourth-order valence-electron chi connectivity index (χ4n) is 4.21. The molecule has 0 spiro atoms. The molecule has 0 saturated carbocycles. The number of thiophene rings is 1. The van der Waals surface area contributed by atoms with Crippen molar-refractivity contribution < 1.29 is 13.5 Å². The molecule has 0 radical (unpaired) electrons. The maximum atomic E-state index is 12.9. The highest BCUT2D eigenvalue weighted by Gasteiger charge is 2.46. The van der Waals surface area contributed by atoms with Crippen LogP contribution < -0.4 is 0 Å². The number of piperazine rings is 1. The Balaban J connectivity index is 1.63. The molecule has 1 N–H and O–H groups in total. The number of nitrogens with zero attached hydrogens (tertiary/aromatic N) is 2. The lowest BCUT2D eigenvalue weighted by atomic mass is 9.84. The summed E-state index contributed by atoms with van der Waals surface area (Å²) < 4.78 is 27.8. The molecule has 2 aliphatic heterocycles. The van der Waals surface area contributed by atoms with Crippen molar-refractivity contribution in [1.29, 1.82) is 0 Å². The largest absolute Gasteiger partial charge is 0.396 e. The van der Waals surface area contributed by atoms with Crippen LogP contribution in [0.1, 0.15) is 11.5 Å². The van der Waals surface area contributed by atoms with Crippen molar-refractivity contribution in [1.82, 2.24) is 9.21 Å². The first-order valence-electron chi connectivity index (χ1n) is 8.55. The van der Waals surface area contributed by atoms with E-state index >= 15 is 0 Å². The van der Waals surface area contributed by atoms with Crippen molar-refractivity contribution in [3.8, 4) is 0 Å². The van der Waals surface area contributed by atoms with Crippen LogP contribution in [-0.4, -0.2) is 61.6 Å². The standard InChI is InChI=1S/C18H22N2O3S2/c21-13-15-11-19-8-9-20(25(22,23)17-7-4-10-24-17)12-16(19)18(15)14-5-2-1-3-6-14/h1-7,10,15-16,18,21H,8-9,11-13H2/t15-,16+,18-/m0/s1. The molecule has 2 aliphatic rings. The lowest BCUT2D eigenvalue weighted by Gasteiger charge is -2.38. The van der Waals surface area contributed by atoms with Gasteiger partial charge in [0.15, 0.2) is 0 Å². The predicted molar refractivity (Wildman–Crippen MR) is 98.2 cm³/mol. The number of aliphatic hydroxyl groups excluding tert-OH is 1. The van der Waals surface area contributed by atoms with Gasteiger partial charge in [-0.3, -0.25) is 4.90 Å². The molecule has 2 aromatic rings. The van der Waals surface area contributed by atoms with Crippen LogP contribution in [0.3, 0.4) is 0 Å². The van der Waals surface area contributed by atoms with E-state index < -0.39 is 10.0 Å². The van der Waals surface area contributed by atoms with Gasteiger partial charge < -0.3 is 5.11 Å². The van der Waals surface area contributed by atoms with Gasteiger partial charge in [-0.1, -0.05) is 36.4 Å². The summed E-state index contributed by atoms with van der Waals surface area (Å²) in [4.78, 5) is 2.35. The lowest BCUT2D eigenvalue weighted by molar-refractivity contribution is 0.150. The number of aliphatic hydroxyl groups is 1. The third-order valence-corrected chi connectivity index (χ3v) is 8.63.